The molecule has 0 aromatic heterocycles. The minimum absolute atomic E-state index is 0.298. The second-order valence-corrected chi connectivity index (χ2v) is 7.49. The van der Waals surface area contributed by atoms with Crippen LogP contribution in [-0.2, 0) is 0 Å². The number of hydrogen-bond donors (Lipinski definition) is 1. The molecular weight excluding hydrogens is 256 g/mol. The molecule has 0 spiro atoms. The summed E-state index contributed by atoms with van der Waals surface area (Å²) in [5.41, 5.74) is 3.52. The summed E-state index contributed by atoms with van der Waals surface area (Å²) in [6.45, 7) is 13.0. The van der Waals surface area contributed by atoms with E-state index in [1.807, 2.05) is 19.1 Å². The lowest BCUT2D eigenvalue weighted by atomic mass is 9.82. The Hall–Kier alpha value is -0.530. The maximum Gasteiger partial charge on any atom is 0.0807 e. The predicted molar refractivity (Wildman–Crippen MR) is 83.7 cm³/mol. The van der Waals surface area contributed by atoms with Gasteiger partial charge in [0.1, 0.15) is 0 Å². The van der Waals surface area contributed by atoms with Crippen molar-refractivity contribution >= 4 is 11.6 Å². The lowest BCUT2D eigenvalue weighted by Crippen LogP contribution is -2.14. The van der Waals surface area contributed by atoms with Crippen molar-refractivity contribution in [1.29, 1.82) is 0 Å². The van der Waals surface area contributed by atoms with Crippen LogP contribution in [0.5, 0.6) is 0 Å². The lowest BCUT2D eigenvalue weighted by molar-refractivity contribution is 0.134. The summed E-state index contributed by atoms with van der Waals surface area (Å²) >= 11 is 6.25. The zero-order valence-electron chi connectivity index (χ0n) is 13.0. The average molecular weight is 283 g/mol. The van der Waals surface area contributed by atoms with Crippen molar-refractivity contribution in [3.8, 4) is 0 Å². The summed E-state index contributed by atoms with van der Waals surface area (Å²) in [5.74, 6) is 0.479. The number of rotatable bonds is 4. The minimum Gasteiger partial charge on any atom is -0.388 e. The second-order valence-electron chi connectivity index (χ2n) is 7.08. The SMILES string of the molecule is Cc1cc(Cl)c(C(O)CC(C)CC(C)(C)C)cc1C. The predicted octanol–water partition coefficient (Wildman–Crippen LogP) is 5.45. The van der Waals surface area contributed by atoms with Crippen LogP contribution >= 0.6 is 11.6 Å². The van der Waals surface area contributed by atoms with Crippen LogP contribution in [0, 0.1) is 25.2 Å². The highest BCUT2D eigenvalue weighted by atomic mass is 35.5. The molecule has 1 rings (SSSR count). The van der Waals surface area contributed by atoms with Gasteiger partial charge in [-0.05, 0) is 60.8 Å². The van der Waals surface area contributed by atoms with Crippen molar-refractivity contribution in [3.63, 3.8) is 0 Å². The van der Waals surface area contributed by atoms with Crippen LogP contribution < -0.4 is 0 Å². The van der Waals surface area contributed by atoms with Gasteiger partial charge < -0.3 is 5.11 Å². The van der Waals surface area contributed by atoms with Crippen LogP contribution in [-0.4, -0.2) is 5.11 Å². The normalized spacial score (nSPS) is 15.4. The highest BCUT2D eigenvalue weighted by Gasteiger charge is 2.20. The van der Waals surface area contributed by atoms with Gasteiger partial charge in [0.05, 0.1) is 6.10 Å². The van der Waals surface area contributed by atoms with Gasteiger partial charge in [0.15, 0.2) is 0 Å². The highest BCUT2D eigenvalue weighted by molar-refractivity contribution is 6.31. The van der Waals surface area contributed by atoms with Gasteiger partial charge in [0.25, 0.3) is 0 Å². The van der Waals surface area contributed by atoms with E-state index in [-0.39, 0.29) is 0 Å². The Morgan fingerprint density at radius 1 is 1.16 bits per heavy atom. The van der Waals surface area contributed by atoms with Crippen LogP contribution in [0.4, 0.5) is 0 Å². The monoisotopic (exact) mass is 282 g/mol. The average Bonchev–Trinajstić information content (AvgIpc) is 2.20. The van der Waals surface area contributed by atoms with Gasteiger partial charge in [0.2, 0.25) is 0 Å². The Bertz CT molecular complexity index is 432. The molecule has 0 radical (unpaired) electrons. The van der Waals surface area contributed by atoms with E-state index in [1.165, 1.54) is 11.1 Å². The number of benzene rings is 1. The van der Waals surface area contributed by atoms with Crippen molar-refractivity contribution < 1.29 is 5.11 Å². The van der Waals surface area contributed by atoms with Gasteiger partial charge in [-0.25, -0.2) is 0 Å². The number of halogens is 1. The minimum atomic E-state index is -0.468. The lowest BCUT2D eigenvalue weighted by Gasteiger charge is -2.25. The number of aryl methyl sites for hydroxylation is 2. The first-order chi connectivity index (χ1) is 8.60. The first kappa shape index (κ1) is 16.5. The van der Waals surface area contributed by atoms with Crippen molar-refractivity contribution in [1.82, 2.24) is 0 Å². The van der Waals surface area contributed by atoms with Crippen LogP contribution in [0.25, 0.3) is 0 Å². The number of aliphatic hydroxyl groups excluding tert-OH is 1. The number of hydrogen-bond acceptors (Lipinski definition) is 1. The molecule has 0 amide bonds. The largest absolute Gasteiger partial charge is 0.388 e. The van der Waals surface area contributed by atoms with E-state index < -0.39 is 6.10 Å². The Kier molecular flexibility index (Phi) is 5.46. The first-order valence-electron chi connectivity index (χ1n) is 7.05. The molecule has 1 nitrogen and oxygen atoms in total. The van der Waals surface area contributed by atoms with Gasteiger partial charge in [0, 0.05) is 5.02 Å². The van der Waals surface area contributed by atoms with Crippen LogP contribution in [0.1, 0.15) is 63.3 Å². The van der Waals surface area contributed by atoms with Gasteiger partial charge in [-0.1, -0.05) is 45.4 Å². The van der Waals surface area contributed by atoms with Crippen molar-refractivity contribution in [2.75, 3.05) is 0 Å². The van der Waals surface area contributed by atoms with Crippen LogP contribution in [0.15, 0.2) is 12.1 Å². The molecule has 1 aromatic rings. The summed E-state index contributed by atoms with van der Waals surface area (Å²) in [7, 11) is 0. The Morgan fingerprint density at radius 2 is 1.68 bits per heavy atom. The van der Waals surface area contributed by atoms with E-state index in [4.69, 9.17) is 11.6 Å². The smallest absolute Gasteiger partial charge is 0.0807 e. The van der Waals surface area contributed by atoms with Crippen molar-refractivity contribution in [2.24, 2.45) is 11.3 Å². The Labute approximate surface area is 123 Å². The summed E-state index contributed by atoms with van der Waals surface area (Å²) in [6.07, 6.45) is 1.40. The molecular formula is C17H27ClO. The summed E-state index contributed by atoms with van der Waals surface area (Å²) in [4.78, 5) is 0. The van der Waals surface area contributed by atoms with E-state index >= 15 is 0 Å². The molecule has 0 aliphatic carbocycles. The van der Waals surface area contributed by atoms with E-state index in [1.54, 1.807) is 0 Å². The third-order valence-corrected chi connectivity index (χ3v) is 3.89. The Morgan fingerprint density at radius 3 is 2.21 bits per heavy atom. The van der Waals surface area contributed by atoms with Crippen LogP contribution in [0.2, 0.25) is 5.02 Å². The maximum atomic E-state index is 10.4. The van der Waals surface area contributed by atoms with Gasteiger partial charge >= 0.3 is 0 Å². The molecule has 2 heteroatoms. The molecule has 108 valence electrons. The van der Waals surface area contributed by atoms with Crippen LogP contribution in [0.3, 0.4) is 0 Å². The Balaban J connectivity index is 2.78. The van der Waals surface area contributed by atoms with E-state index in [0.29, 0.717) is 16.4 Å². The van der Waals surface area contributed by atoms with E-state index in [2.05, 4.69) is 34.6 Å². The summed E-state index contributed by atoms with van der Waals surface area (Å²) in [5, 5.41) is 11.1. The zero-order valence-corrected chi connectivity index (χ0v) is 13.8. The molecule has 0 aliphatic rings. The quantitative estimate of drug-likeness (QED) is 0.778. The molecule has 0 aliphatic heterocycles. The molecule has 0 heterocycles. The zero-order chi connectivity index (χ0) is 14.8. The third-order valence-electron chi connectivity index (χ3n) is 3.56. The highest BCUT2D eigenvalue weighted by Crippen LogP contribution is 2.33. The number of aliphatic hydroxyl groups is 1. The van der Waals surface area contributed by atoms with E-state index in [0.717, 1.165) is 18.4 Å². The van der Waals surface area contributed by atoms with Gasteiger partial charge in [-0.2, -0.15) is 0 Å². The molecule has 2 unspecified atom stereocenters. The second kappa shape index (κ2) is 6.28. The molecule has 2 atom stereocenters. The fourth-order valence-electron chi connectivity index (χ4n) is 2.70. The van der Waals surface area contributed by atoms with Gasteiger partial charge in [-0.15, -0.1) is 0 Å². The molecule has 0 saturated heterocycles. The fraction of sp³-hybridized carbons (Fsp3) is 0.647. The molecule has 19 heavy (non-hydrogen) atoms. The molecule has 0 fully saturated rings. The van der Waals surface area contributed by atoms with Crippen molar-refractivity contribution in [3.05, 3.63) is 33.8 Å². The fourth-order valence-corrected chi connectivity index (χ4v) is 3.04. The van der Waals surface area contributed by atoms with E-state index in [9.17, 15) is 5.11 Å². The first-order valence-corrected chi connectivity index (χ1v) is 7.42. The topological polar surface area (TPSA) is 20.2 Å². The van der Waals surface area contributed by atoms with Crippen molar-refractivity contribution in [2.45, 2.75) is 60.5 Å². The summed E-state index contributed by atoms with van der Waals surface area (Å²) in [6, 6.07) is 3.97. The molecule has 1 aromatic carbocycles. The third kappa shape index (κ3) is 5.16. The molecule has 0 bridgehead atoms. The standard InChI is InChI=1S/C17H27ClO/c1-11(10-17(4,5)6)7-16(19)14-8-12(2)13(3)9-15(14)18/h8-9,11,16,19H,7,10H2,1-6H3. The summed E-state index contributed by atoms with van der Waals surface area (Å²) < 4.78 is 0. The van der Waals surface area contributed by atoms with Gasteiger partial charge in [-0.3, -0.25) is 0 Å². The maximum absolute atomic E-state index is 10.4. The molecule has 1 N–H and O–H groups in total. The molecule has 0 saturated carbocycles.